The van der Waals surface area contributed by atoms with Gasteiger partial charge in [0.25, 0.3) is 0 Å². The zero-order chi connectivity index (χ0) is 19.5. The molecule has 2 aromatic rings. The van der Waals surface area contributed by atoms with Gasteiger partial charge in [0.05, 0.1) is 6.54 Å². The van der Waals surface area contributed by atoms with E-state index < -0.39 is 0 Å². The van der Waals surface area contributed by atoms with Gasteiger partial charge in [0.15, 0.2) is 0 Å². The molecule has 0 bridgehead atoms. The molecule has 1 heterocycles. The van der Waals surface area contributed by atoms with Crippen molar-refractivity contribution in [3.8, 4) is 18.6 Å². The zero-order valence-corrected chi connectivity index (χ0v) is 15.7. The molecule has 1 saturated heterocycles. The smallest absolute Gasteiger partial charge is 0.414 e. The fourth-order valence-corrected chi connectivity index (χ4v) is 2.68. The van der Waals surface area contributed by atoms with E-state index in [0.29, 0.717) is 28.9 Å². The lowest BCUT2D eigenvalue weighted by atomic mass is 10.2. The SMILES string of the molecule is C#C.CO.O=C1OCCN1c1ccc(OCc2c(Cl)cccc2Cl)cc1. The van der Waals surface area contributed by atoms with Crippen LogP contribution in [0.25, 0.3) is 0 Å². The van der Waals surface area contributed by atoms with Crippen molar-refractivity contribution < 1.29 is 19.4 Å². The fourth-order valence-electron chi connectivity index (χ4n) is 2.18. The average Bonchev–Trinajstić information content (AvgIpc) is 3.11. The molecule has 2 aromatic carbocycles. The van der Waals surface area contributed by atoms with Crippen molar-refractivity contribution in [1.29, 1.82) is 0 Å². The van der Waals surface area contributed by atoms with Crippen molar-refractivity contribution in [2.24, 2.45) is 0 Å². The number of aliphatic hydroxyl groups excluding tert-OH is 1. The molecule has 1 amide bonds. The molecule has 3 rings (SSSR count). The van der Waals surface area contributed by atoms with Gasteiger partial charge in [-0.15, -0.1) is 12.8 Å². The number of aliphatic hydroxyl groups is 1. The number of carbonyl (C=O) groups is 1. The Morgan fingerprint density at radius 3 is 2.19 bits per heavy atom. The zero-order valence-electron chi connectivity index (χ0n) is 14.2. The number of ether oxygens (including phenoxy) is 2. The van der Waals surface area contributed by atoms with Crippen molar-refractivity contribution in [2.45, 2.75) is 6.61 Å². The largest absolute Gasteiger partial charge is 0.489 e. The maximum absolute atomic E-state index is 11.5. The van der Waals surface area contributed by atoms with Crippen LogP contribution in [0, 0.1) is 12.8 Å². The van der Waals surface area contributed by atoms with E-state index in [1.165, 1.54) is 0 Å². The number of amides is 1. The van der Waals surface area contributed by atoms with Crippen LogP contribution in [0.3, 0.4) is 0 Å². The van der Waals surface area contributed by atoms with E-state index in [4.69, 9.17) is 37.8 Å². The Hall–Kier alpha value is -2.39. The summed E-state index contributed by atoms with van der Waals surface area (Å²) in [4.78, 5) is 13.1. The minimum Gasteiger partial charge on any atom is -0.489 e. The van der Waals surface area contributed by atoms with Crippen molar-refractivity contribution in [2.75, 3.05) is 25.2 Å². The molecule has 1 fully saturated rings. The molecule has 0 spiro atoms. The van der Waals surface area contributed by atoms with Crippen LogP contribution in [0.5, 0.6) is 5.75 Å². The second-order valence-corrected chi connectivity index (χ2v) is 5.56. The van der Waals surface area contributed by atoms with E-state index in [1.807, 2.05) is 12.1 Å². The van der Waals surface area contributed by atoms with Gasteiger partial charge in [-0.05, 0) is 36.4 Å². The number of terminal acetylenes is 1. The number of cyclic esters (lactones) is 1. The molecule has 1 aliphatic heterocycles. The average molecular weight is 396 g/mol. The van der Waals surface area contributed by atoms with Crippen LogP contribution >= 0.6 is 23.2 Å². The minimum atomic E-state index is -0.323. The predicted molar refractivity (Wildman–Crippen MR) is 104 cm³/mol. The van der Waals surface area contributed by atoms with E-state index in [0.717, 1.165) is 18.4 Å². The molecule has 1 N–H and O–H groups in total. The third kappa shape index (κ3) is 5.57. The number of benzene rings is 2. The summed E-state index contributed by atoms with van der Waals surface area (Å²) in [5.74, 6) is 0.673. The molecule has 0 aliphatic carbocycles. The molecule has 7 heteroatoms. The summed E-state index contributed by atoms with van der Waals surface area (Å²) < 4.78 is 10.6. The highest BCUT2D eigenvalue weighted by Gasteiger charge is 2.23. The van der Waals surface area contributed by atoms with Crippen LogP contribution in [0.1, 0.15) is 5.56 Å². The van der Waals surface area contributed by atoms with Crippen LogP contribution in [-0.2, 0) is 11.3 Å². The number of anilines is 1. The summed E-state index contributed by atoms with van der Waals surface area (Å²) in [5.41, 5.74) is 1.53. The highest BCUT2D eigenvalue weighted by Crippen LogP contribution is 2.27. The molecule has 138 valence electrons. The maximum atomic E-state index is 11.5. The van der Waals surface area contributed by atoms with Crippen LogP contribution < -0.4 is 9.64 Å². The molecule has 5 nitrogen and oxygen atoms in total. The summed E-state index contributed by atoms with van der Waals surface area (Å²) in [6.45, 7) is 1.26. The minimum absolute atomic E-state index is 0.281. The number of hydrogen-bond donors (Lipinski definition) is 1. The van der Waals surface area contributed by atoms with Gasteiger partial charge in [0.1, 0.15) is 19.0 Å². The summed E-state index contributed by atoms with van der Waals surface area (Å²) >= 11 is 12.2. The van der Waals surface area contributed by atoms with Crippen LogP contribution in [0.2, 0.25) is 10.0 Å². The monoisotopic (exact) mass is 395 g/mol. The van der Waals surface area contributed by atoms with Crippen molar-refractivity contribution in [3.63, 3.8) is 0 Å². The Labute approximate surface area is 163 Å². The van der Waals surface area contributed by atoms with E-state index in [1.54, 1.807) is 35.2 Å². The highest BCUT2D eigenvalue weighted by molar-refractivity contribution is 6.35. The Balaban J connectivity index is 0.000000791. The van der Waals surface area contributed by atoms with Crippen molar-refractivity contribution in [1.82, 2.24) is 0 Å². The molecule has 0 aromatic heterocycles. The van der Waals surface area contributed by atoms with Crippen LogP contribution in [-0.4, -0.2) is 31.5 Å². The molecular formula is C19H19Cl2NO4. The second-order valence-electron chi connectivity index (χ2n) is 4.75. The number of carbonyl (C=O) groups excluding carboxylic acids is 1. The Kier molecular flexibility index (Phi) is 9.38. The van der Waals surface area contributed by atoms with Crippen molar-refractivity contribution in [3.05, 3.63) is 58.1 Å². The first-order valence-electron chi connectivity index (χ1n) is 7.53. The molecule has 0 radical (unpaired) electrons. The summed E-state index contributed by atoms with van der Waals surface area (Å²) in [5, 5.41) is 8.15. The summed E-state index contributed by atoms with van der Waals surface area (Å²) in [6.07, 6.45) is 7.68. The number of nitrogens with zero attached hydrogens (tertiary/aromatic N) is 1. The third-order valence-electron chi connectivity index (χ3n) is 3.35. The Morgan fingerprint density at radius 1 is 1.12 bits per heavy atom. The van der Waals surface area contributed by atoms with E-state index in [9.17, 15) is 4.79 Å². The quantitative estimate of drug-likeness (QED) is 0.779. The van der Waals surface area contributed by atoms with Gasteiger partial charge in [-0.2, -0.15) is 0 Å². The Morgan fingerprint density at radius 2 is 1.69 bits per heavy atom. The second kappa shape index (κ2) is 11.3. The Bertz CT molecular complexity index is 712. The number of hydrogen-bond acceptors (Lipinski definition) is 4. The molecule has 0 saturated carbocycles. The van der Waals surface area contributed by atoms with E-state index in [-0.39, 0.29) is 12.7 Å². The first kappa shape index (κ1) is 21.7. The molecule has 0 atom stereocenters. The topological polar surface area (TPSA) is 59.0 Å². The van der Waals surface area contributed by atoms with E-state index in [2.05, 4.69) is 12.8 Å². The standard InChI is InChI=1S/C16H13Cl2NO3.C2H2.CH4O/c17-14-2-1-3-15(18)13(14)10-22-12-6-4-11(5-7-12)19-8-9-21-16(19)20;2*1-2/h1-7H,8-10H2;1-2H;2H,1H3. The van der Waals surface area contributed by atoms with E-state index >= 15 is 0 Å². The molecular weight excluding hydrogens is 377 g/mol. The maximum Gasteiger partial charge on any atom is 0.414 e. The molecule has 26 heavy (non-hydrogen) atoms. The first-order valence-corrected chi connectivity index (χ1v) is 8.29. The summed E-state index contributed by atoms with van der Waals surface area (Å²) in [6, 6.07) is 12.6. The fraction of sp³-hybridized carbons (Fsp3) is 0.211. The third-order valence-corrected chi connectivity index (χ3v) is 4.06. The first-order chi connectivity index (χ1) is 12.6. The van der Waals surface area contributed by atoms with Gasteiger partial charge in [0.2, 0.25) is 0 Å². The highest BCUT2D eigenvalue weighted by atomic mass is 35.5. The van der Waals surface area contributed by atoms with Gasteiger partial charge in [0, 0.05) is 28.4 Å². The van der Waals surface area contributed by atoms with Gasteiger partial charge in [-0.25, -0.2) is 4.79 Å². The predicted octanol–water partition coefficient (Wildman–Crippen LogP) is 4.39. The molecule has 1 aliphatic rings. The lowest BCUT2D eigenvalue weighted by Gasteiger charge is -2.14. The van der Waals surface area contributed by atoms with Crippen molar-refractivity contribution >= 4 is 35.0 Å². The summed E-state index contributed by atoms with van der Waals surface area (Å²) in [7, 11) is 1.00. The van der Waals surface area contributed by atoms with Crippen LogP contribution in [0.4, 0.5) is 10.5 Å². The van der Waals surface area contributed by atoms with Gasteiger partial charge in [-0.3, -0.25) is 4.90 Å². The lowest BCUT2D eigenvalue weighted by Crippen LogP contribution is -2.23. The van der Waals surface area contributed by atoms with Gasteiger partial charge in [-0.1, -0.05) is 29.3 Å². The molecule has 0 unspecified atom stereocenters. The number of halogens is 2. The lowest BCUT2D eigenvalue weighted by molar-refractivity contribution is 0.181. The van der Waals surface area contributed by atoms with Gasteiger partial charge < -0.3 is 14.6 Å². The van der Waals surface area contributed by atoms with Crippen LogP contribution in [0.15, 0.2) is 42.5 Å². The van der Waals surface area contributed by atoms with Gasteiger partial charge >= 0.3 is 6.09 Å². The number of rotatable bonds is 4. The normalized spacial score (nSPS) is 12.2.